The van der Waals surface area contributed by atoms with Crippen LogP contribution in [0.1, 0.15) is 0 Å². The second-order valence-corrected chi connectivity index (χ2v) is 2.01. The van der Waals surface area contributed by atoms with Crippen LogP contribution in [0.25, 0.3) is 0 Å². The highest BCUT2D eigenvalue weighted by Crippen LogP contribution is 1.97. The van der Waals surface area contributed by atoms with Gasteiger partial charge in [-0.05, 0) is 0 Å². The van der Waals surface area contributed by atoms with Crippen LogP contribution in [-0.4, -0.2) is 37.0 Å². The molecule has 1 heterocycles. The minimum atomic E-state index is -1.14. The van der Waals surface area contributed by atoms with Gasteiger partial charge in [0.15, 0.2) is 0 Å². The molecule has 0 aromatic heterocycles. The lowest BCUT2D eigenvalue weighted by molar-refractivity contribution is -0.130. The molecule has 0 radical (unpaired) electrons. The van der Waals surface area contributed by atoms with Crippen molar-refractivity contribution in [3.63, 3.8) is 0 Å². The molecule has 1 fully saturated rings. The van der Waals surface area contributed by atoms with Gasteiger partial charge in [0.05, 0.1) is 19.8 Å². The van der Waals surface area contributed by atoms with Crippen molar-refractivity contribution >= 4 is 5.97 Å². The summed E-state index contributed by atoms with van der Waals surface area (Å²) in [5.74, 6) is 3.26. The topological polar surface area (TPSA) is 55.8 Å². The molecule has 1 aliphatic rings. The molecule has 0 bridgehead atoms. The summed E-state index contributed by atoms with van der Waals surface area (Å²) in [5, 5.41) is 8.17. The number of hydrogen-bond acceptors (Lipinski definition) is 3. The molecular weight excluding hydrogens is 148 g/mol. The van der Waals surface area contributed by atoms with Crippen LogP contribution in [0, 0.1) is 11.8 Å². The maximum absolute atomic E-state index is 9.97. The quantitative estimate of drug-likeness (QED) is 0.480. The van der Waals surface area contributed by atoms with E-state index < -0.39 is 5.97 Å². The maximum atomic E-state index is 9.97. The molecule has 1 N–H and O–H groups in total. The Morgan fingerprint density at radius 2 is 2.36 bits per heavy atom. The van der Waals surface area contributed by atoms with E-state index in [1.54, 1.807) is 0 Å². The molecule has 1 aliphatic heterocycles. The molecule has 11 heavy (non-hydrogen) atoms. The van der Waals surface area contributed by atoms with E-state index in [9.17, 15) is 4.79 Å². The highest BCUT2D eigenvalue weighted by molar-refractivity contribution is 5.86. The average Bonchev–Trinajstić information content (AvgIpc) is 2.03. The molecule has 0 aromatic carbocycles. The molecule has 1 unspecified atom stereocenters. The van der Waals surface area contributed by atoms with Gasteiger partial charge in [0, 0.05) is 5.92 Å². The summed E-state index contributed by atoms with van der Waals surface area (Å²) in [6.07, 6.45) is -0.375. The Balaban J connectivity index is 2.36. The van der Waals surface area contributed by atoms with Crippen LogP contribution in [0.2, 0.25) is 0 Å². The Kier molecular flexibility index (Phi) is 2.90. The molecule has 1 atom stereocenters. The second kappa shape index (κ2) is 3.96. The summed E-state index contributed by atoms with van der Waals surface area (Å²) in [6, 6.07) is 0. The molecule has 0 amide bonds. The standard InChI is InChI=1S/C7H8O4/c8-7(9)2-1-6-5-10-3-4-11-6/h6H,3-5H2,(H,8,9). The van der Waals surface area contributed by atoms with Gasteiger partial charge in [-0.25, -0.2) is 4.79 Å². The smallest absolute Gasteiger partial charge is 0.381 e. The first-order valence-electron chi connectivity index (χ1n) is 3.23. The minimum Gasteiger partial charge on any atom is -0.472 e. The summed E-state index contributed by atoms with van der Waals surface area (Å²) >= 11 is 0. The maximum Gasteiger partial charge on any atom is 0.381 e. The SMILES string of the molecule is O=C(O)C#CC1COCCO1. The first-order chi connectivity index (χ1) is 5.29. The van der Waals surface area contributed by atoms with Crippen LogP contribution in [0.5, 0.6) is 0 Å². The molecule has 4 heteroatoms. The van der Waals surface area contributed by atoms with E-state index in [1.165, 1.54) is 0 Å². The first-order valence-corrected chi connectivity index (χ1v) is 3.23. The molecule has 1 rings (SSSR count). The number of ether oxygens (including phenoxy) is 2. The highest BCUT2D eigenvalue weighted by atomic mass is 16.6. The van der Waals surface area contributed by atoms with E-state index in [-0.39, 0.29) is 6.10 Å². The van der Waals surface area contributed by atoms with Crippen LogP contribution in [0.15, 0.2) is 0 Å². The predicted molar refractivity (Wildman–Crippen MR) is 36.0 cm³/mol. The highest BCUT2D eigenvalue weighted by Gasteiger charge is 2.10. The van der Waals surface area contributed by atoms with Crippen LogP contribution in [0.4, 0.5) is 0 Å². The number of carboxylic acids is 1. The normalized spacial score (nSPS) is 23.5. The zero-order valence-corrected chi connectivity index (χ0v) is 5.87. The Labute approximate surface area is 64.1 Å². The first kappa shape index (κ1) is 8.05. The fourth-order valence-electron chi connectivity index (χ4n) is 0.713. The predicted octanol–water partition coefficient (Wildman–Crippen LogP) is -0.510. The number of hydrogen-bond donors (Lipinski definition) is 1. The minimum absolute atomic E-state index is 0.361. The molecule has 0 saturated carbocycles. The summed E-state index contributed by atoms with van der Waals surface area (Å²) in [7, 11) is 0. The van der Waals surface area contributed by atoms with Gasteiger partial charge in [-0.1, -0.05) is 5.92 Å². The van der Waals surface area contributed by atoms with Gasteiger partial charge < -0.3 is 14.6 Å². The zero-order chi connectivity index (χ0) is 8.10. The molecule has 60 valence electrons. The second-order valence-electron chi connectivity index (χ2n) is 2.01. The summed E-state index contributed by atoms with van der Waals surface area (Å²) < 4.78 is 10.1. The van der Waals surface area contributed by atoms with E-state index >= 15 is 0 Å². The van der Waals surface area contributed by atoms with Crippen LogP contribution in [0.3, 0.4) is 0 Å². The lowest BCUT2D eigenvalue weighted by Gasteiger charge is -2.17. The lowest BCUT2D eigenvalue weighted by atomic mass is 10.3. The van der Waals surface area contributed by atoms with Gasteiger partial charge in [0.1, 0.15) is 6.10 Å². The number of rotatable bonds is 0. The van der Waals surface area contributed by atoms with E-state index in [0.717, 1.165) is 0 Å². The van der Waals surface area contributed by atoms with Gasteiger partial charge in [-0.2, -0.15) is 0 Å². The number of aliphatic carboxylic acids is 1. The van der Waals surface area contributed by atoms with E-state index in [0.29, 0.717) is 19.8 Å². The van der Waals surface area contributed by atoms with E-state index in [2.05, 4.69) is 5.92 Å². The van der Waals surface area contributed by atoms with Crippen molar-refractivity contribution in [1.82, 2.24) is 0 Å². The molecule has 4 nitrogen and oxygen atoms in total. The average molecular weight is 156 g/mol. The van der Waals surface area contributed by atoms with Crippen molar-refractivity contribution in [2.24, 2.45) is 0 Å². The Hall–Kier alpha value is -1.05. The molecule has 0 spiro atoms. The van der Waals surface area contributed by atoms with Gasteiger partial charge in [0.2, 0.25) is 0 Å². The van der Waals surface area contributed by atoms with Crippen molar-refractivity contribution in [2.45, 2.75) is 6.10 Å². The van der Waals surface area contributed by atoms with Crippen LogP contribution >= 0.6 is 0 Å². The van der Waals surface area contributed by atoms with Gasteiger partial charge in [0.25, 0.3) is 0 Å². The molecule has 0 aliphatic carbocycles. The fraction of sp³-hybridized carbons (Fsp3) is 0.571. The fourth-order valence-corrected chi connectivity index (χ4v) is 0.713. The third-order valence-electron chi connectivity index (χ3n) is 1.16. The Morgan fingerprint density at radius 1 is 1.55 bits per heavy atom. The summed E-state index contributed by atoms with van der Waals surface area (Å²) in [4.78, 5) is 9.97. The zero-order valence-electron chi connectivity index (χ0n) is 5.87. The van der Waals surface area contributed by atoms with Crippen LogP contribution < -0.4 is 0 Å². The van der Waals surface area contributed by atoms with Crippen molar-refractivity contribution < 1.29 is 19.4 Å². The summed E-state index contributed by atoms with van der Waals surface area (Å²) in [6.45, 7) is 1.41. The molecule has 0 aromatic rings. The third kappa shape index (κ3) is 3.03. The monoisotopic (exact) mass is 156 g/mol. The molecular formula is C7H8O4. The van der Waals surface area contributed by atoms with Crippen molar-refractivity contribution in [2.75, 3.05) is 19.8 Å². The number of carbonyl (C=O) groups is 1. The van der Waals surface area contributed by atoms with Crippen molar-refractivity contribution in [3.05, 3.63) is 0 Å². The lowest BCUT2D eigenvalue weighted by Crippen LogP contribution is -2.27. The van der Waals surface area contributed by atoms with E-state index in [4.69, 9.17) is 14.6 Å². The van der Waals surface area contributed by atoms with Gasteiger partial charge in [-0.15, -0.1) is 0 Å². The van der Waals surface area contributed by atoms with Gasteiger partial charge in [-0.3, -0.25) is 0 Å². The van der Waals surface area contributed by atoms with Crippen molar-refractivity contribution in [1.29, 1.82) is 0 Å². The number of carboxylic acid groups (broad SMARTS) is 1. The summed E-state index contributed by atoms with van der Waals surface area (Å²) in [5.41, 5.74) is 0. The Morgan fingerprint density at radius 3 is 2.91 bits per heavy atom. The largest absolute Gasteiger partial charge is 0.472 e. The van der Waals surface area contributed by atoms with Crippen LogP contribution in [-0.2, 0) is 14.3 Å². The van der Waals surface area contributed by atoms with Crippen molar-refractivity contribution in [3.8, 4) is 11.8 Å². The van der Waals surface area contributed by atoms with E-state index in [1.807, 2.05) is 5.92 Å². The van der Waals surface area contributed by atoms with Gasteiger partial charge >= 0.3 is 5.97 Å². The Bertz CT molecular complexity index is 194. The molecule has 1 saturated heterocycles. The third-order valence-corrected chi connectivity index (χ3v) is 1.16.